The number of ether oxygens (including phenoxy) is 2. The molecule has 0 unspecified atom stereocenters. The van der Waals surface area contributed by atoms with E-state index in [-0.39, 0.29) is 26.4 Å². The average molecular weight is 326 g/mol. The molecule has 120 valence electrons. The van der Waals surface area contributed by atoms with Gasteiger partial charge in [0.05, 0.1) is 12.8 Å². The predicted molar refractivity (Wildman–Crippen MR) is 63.8 cm³/mol. The van der Waals surface area contributed by atoms with Crippen molar-refractivity contribution < 1.29 is 46.6 Å². The van der Waals surface area contributed by atoms with Gasteiger partial charge in [-0.05, 0) is 0 Å². The normalized spacial score (nSPS) is 29.9. The lowest BCUT2D eigenvalue weighted by atomic mass is 9.96. The largest absolute Gasteiger partial charge is 0.479 e. The molecular weight excluding hydrogens is 312 g/mol. The summed E-state index contributed by atoms with van der Waals surface area (Å²) in [6.45, 7) is -1.12. The molecule has 1 aliphatic rings. The molecule has 0 aliphatic carbocycles. The van der Waals surface area contributed by atoms with E-state index in [1.807, 2.05) is 0 Å². The quantitative estimate of drug-likeness (QED) is 0.534. The van der Waals surface area contributed by atoms with Gasteiger partial charge < -0.3 is 19.7 Å². The van der Waals surface area contributed by atoms with Crippen LogP contribution in [0.5, 0.6) is 0 Å². The van der Waals surface area contributed by atoms with Crippen LogP contribution in [-0.4, -0.2) is 64.4 Å². The van der Waals surface area contributed by atoms with Crippen LogP contribution in [0.2, 0.25) is 0 Å². The van der Waals surface area contributed by atoms with Crippen molar-refractivity contribution in [1.29, 1.82) is 0 Å². The molecule has 0 bridgehead atoms. The Morgan fingerprint density at radius 2 is 1.43 bits per heavy atom. The van der Waals surface area contributed by atoms with Gasteiger partial charge in [-0.3, -0.25) is 18.0 Å². The smallest absolute Gasteiger partial charge is 0.336 e. The zero-order valence-electron chi connectivity index (χ0n) is 10.8. The molecule has 0 aromatic rings. The molecule has 11 heteroatoms. The standard InChI is InChI=1S/C10H14O10S/c11-7-5-10(15,9(13)14)6-8(12)18-2-4-20-21(16)19-3-1-17-7/h15H,1-6H2,(H,13,14). The second kappa shape index (κ2) is 8.02. The van der Waals surface area contributed by atoms with E-state index in [0.29, 0.717) is 0 Å². The van der Waals surface area contributed by atoms with Gasteiger partial charge in [0.2, 0.25) is 0 Å². The number of rotatable bonds is 1. The summed E-state index contributed by atoms with van der Waals surface area (Å²) < 4.78 is 29.5. The number of aliphatic hydroxyl groups is 1. The molecule has 0 aromatic heterocycles. The Bertz CT molecular complexity index is 406. The number of carboxylic acids is 1. The Hall–Kier alpha value is -1.56. The van der Waals surface area contributed by atoms with Gasteiger partial charge in [0.15, 0.2) is 5.60 Å². The monoisotopic (exact) mass is 326 g/mol. The first-order valence-corrected chi connectivity index (χ1v) is 6.79. The maximum absolute atomic E-state index is 11.4. The number of hydrogen-bond donors (Lipinski definition) is 2. The van der Waals surface area contributed by atoms with Crippen LogP contribution in [0.1, 0.15) is 12.8 Å². The van der Waals surface area contributed by atoms with Gasteiger partial charge in [0, 0.05) is 0 Å². The second-order valence-electron chi connectivity index (χ2n) is 3.98. The molecule has 1 aliphatic heterocycles. The van der Waals surface area contributed by atoms with Gasteiger partial charge in [0.1, 0.15) is 26.4 Å². The summed E-state index contributed by atoms with van der Waals surface area (Å²) in [4.78, 5) is 33.8. The number of carbonyl (C=O) groups is 3. The molecule has 2 N–H and O–H groups in total. The van der Waals surface area contributed by atoms with Crippen LogP contribution >= 0.6 is 0 Å². The topological polar surface area (TPSA) is 146 Å². The van der Waals surface area contributed by atoms with E-state index in [9.17, 15) is 23.7 Å². The molecule has 10 nitrogen and oxygen atoms in total. The lowest BCUT2D eigenvalue weighted by molar-refractivity contribution is -0.173. The van der Waals surface area contributed by atoms with Crippen LogP contribution in [0.15, 0.2) is 0 Å². The first-order valence-electron chi connectivity index (χ1n) is 5.79. The summed E-state index contributed by atoms with van der Waals surface area (Å²) in [5.41, 5.74) is -2.62. The number of aliphatic carboxylic acids is 1. The number of esters is 2. The molecule has 0 saturated carbocycles. The van der Waals surface area contributed by atoms with Gasteiger partial charge in [-0.1, -0.05) is 0 Å². The Morgan fingerprint density at radius 1 is 1.00 bits per heavy atom. The third kappa shape index (κ3) is 6.16. The van der Waals surface area contributed by atoms with Gasteiger partial charge in [-0.2, -0.15) is 4.21 Å². The lowest BCUT2D eigenvalue weighted by Gasteiger charge is -2.21. The molecule has 21 heavy (non-hydrogen) atoms. The summed E-state index contributed by atoms with van der Waals surface area (Å²) in [5, 5.41) is 18.7. The molecule has 1 heterocycles. The highest BCUT2D eigenvalue weighted by molar-refractivity contribution is 7.75. The second-order valence-corrected chi connectivity index (χ2v) is 4.86. The Kier molecular flexibility index (Phi) is 6.68. The molecular formula is C10H14O10S. The number of carboxylic acid groups (broad SMARTS) is 1. The molecule has 0 spiro atoms. The van der Waals surface area contributed by atoms with E-state index < -0.39 is 47.7 Å². The van der Waals surface area contributed by atoms with Crippen LogP contribution in [0.4, 0.5) is 0 Å². The molecule has 1 rings (SSSR count). The lowest BCUT2D eigenvalue weighted by Crippen LogP contribution is -2.43. The molecule has 0 radical (unpaired) electrons. The SMILES string of the molecule is O=C1CC(O)(C(=O)O)CC(=O)OCCOS(=O)OCCO1. The first-order chi connectivity index (χ1) is 9.83. The van der Waals surface area contributed by atoms with Crippen molar-refractivity contribution in [3.8, 4) is 0 Å². The van der Waals surface area contributed by atoms with Gasteiger partial charge in [0.25, 0.3) is 0 Å². The van der Waals surface area contributed by atoms with Gasteiger partial charge in [-0.25, -0.2) is 4.79 Å². The maximum Gasteiger partial charge on any atom is 0.336 e. The summed E-state index contributed by atoms with van der Waals surface area (Å²) in [6, 6.07) is 0. The number of carbonyl (C=O) groups excluding carboxylic acids is 2. The third-order valence-electron chi connectivity index (χ3n) is 2.32. The van der Waals surface area contributed by atoms with Gasteiger partial charge in [-0.15, -0.1) is 0 Å². The fourth-order valence-corrected chi connectivity index (χ4v) is 1.82. The van der Waals surface area contributed by atoms with E-state index in [4.69, 9.17) is 5.11 Å². The third-order valence-corrected chi connectivity index (χ3v) is 3.04. The molecule has 0 aromatic carbocycles. The van der Waals surface area contributed by atoms with Crippen LogP contribution in [0.3, 0.4) is 0 Å². The van der Waals surface area contributed by atoms with Crippen molar-refractivity contribution >= 4 is 29.3 Å². The minimum atomic E-state index is -2.62. The van der Waals surface area contributed by atoms with Crippen molar-refractivity contribution in [2.45, 2.75) is 18.4 Å². The van der Waals surface area contributed by atoms with Crippen molar-refractivity contribution in [3.05, 3.63) is 0 Å². The molecule has 1 fully saturated rings. The zero-order chi connectivity index (χ0) is 15.9. The van der Waals surface area contributed by atoms with E-state index in [1.54, 1.807) is 0 Å². The summed E-state index contributed by atoms with van der Waals surface area (Å²) in [6.07, 6.45) is -1.87. The highest BCUT2D eigenvalue weighted by Crippen LogP contribution is 2.18. The highest BCUT2D eigenvalue weighted by atomic mass is 32.2. The summed E-state index contributed by atoms with van der Waals surface area (Å²) >= 11 is -2.08. The maximum atomic E-state index is 11.4. The van der Waals surface area contributed by atoms with Gasteiger partial charge >= 0.3 is 29.3 Å². The average Bonchev–Trinajstić information content (AvgIpc) is 2.38. The number of hydrogen-bond acceptors (Lipinski definition) is 9. The van der Waals surface area contributed by atoms with Crippen LogP contribution in [-0.2, 0) is 43.6 Å². The van der Waals surface area contributed by atoms with E-state index >= 15 is 0 Å². The molecule has 0 atom stereocenters. The minimum Gasteiger partial charge on any atom is -0.479 e. The first kappa shape index (κ1) is 17.5. The molecule has 1 saturated heterocycles. The minimum absolute atomic E-state index is 0.246. The van der Waals surface area contributed by atoms with E-state index in [2.05, 4.69) is 17.8 Å². The van der Waals surface area contributed by atoms with Crippen molar-refractivity contribution in [3.63, 3.8) is 0 Å². The zero-order valence-corrected chi connectivity index (χ0v) is 11.6. The number of cyclic esters (lactones) is 2. The Balaban J connectivity index is 2.74. The van der Waals surface area contributed by atoms with E-state index in [0.717, 1.165) is 0 Å². The van der Waals surface area contributed by atoms with Crippen molar-refractivity contribution in [2.24, 2.45) is 0 Å². The van der Waals surface area contributed by atoms with Crippen molar-refractivity contribution in [2.75, 3.05) is 26.4 Å². The van der Waals surface area contributed by atoms with Crippen LogP contribution in [0, 0.1) is 0 Å². The highest BCUT2D eigenvalue weighted by Gasteiger charge is 2.42. The predicted octanol–water partition coefficient (Wildman–Crippen LogP) is -1.71. The Labute approximate surface area is 121 Å². The van der Waals surface area contributed by atoms with Crippen LogP contribution < -0.4 is 0 Å². The van der Waals surface area contributed by atoms with E-state index in [1.165, 1.54) is 0 Å². The summed E-state index contributed by atoms with van der Waals surface area (Å²) in [7, 11) is 0. The fourth-order valence-electron chi connectivity index (χ4n) is 1.34. The molecule has 0 amide bonds. The Morgan fingerprint density at radius 3 is 1.81 bits per heavy atom. The van der Waals surface area contributed by atoms with Crippen molar-refractivity contribution in [1.82, 2.24) is 0 Å². The van der Waals surface area contributed by atoms with Crippen LogP contribution in [0.25, 0.3) is 0 Å². The fraction of sp³-hybridized carbons (Fsp3) is 0.700. The summed E-state index contributed by atoms with van der Waals surface area (Å²) in [5.74, 6) is -3.86.